The number of likely N-dealkylation sites (tertiary alicyclic amines) is 1. The number of rotatable bonds is 13. The summed E-state index contributed by atoms with van der Waals surface area (Å²) in [7, 11) is 2.10. The van der Waals surface area contributed by atoms with E-state index in [9.17, 15) is 9.90 Å². The summed E-state index contributed by atoms with van der Waals surface area (Å²) in [6.45, 7) is 20.7. The minimum atomic E-state index is -0.775. The number of hydrogen-bond acceptors (Lipinski definition) is 8. The Morgan fingerprint density at radius 1 is 1.06 bits per heavy atom. The number of piperazine rings is 1. The Morgan fingerprint density at radius 2 is 1.84 bits per heavy atom. The molecule has 0 saturated carbocycles. The summed E-state index contributed by atoms with van der Waals surface area (Å²) in [6, 6.07) is 12.9. The average Bonchev–Trinajstić information content (AvgIpc) is 3.70. The molecule has 10 nitrogen and oxygen atoms in total. The molecule has 3 atom stereocenters. The number of carboxylic acid groups (broad SMARTS) is 1. The fourth-order valence-electron chi connectivity index (χ4n) is 7.75. The molecule has 3 aliphatic heterocycles. The van der Waals surface area contributed by atoms with E-state index in [0.717, 1.165) is 106 Å². The molecular weight excluding hydrogens is 614 g/mol. The number of carboxylic acids is 1. The third-order valence-electron chi connectivity index (χ3n) is 10.9. The molecule has 264 valence electrons. The SMILES string of the molecule is C=C(C(C)CC)N1CCN(c2cc(C(CC(=O)O)CN3CCC(COc4ccc5c(n4)N(C)CCC5)C3)cc(-n3nc(C)cc3C)c2)CC1. The molecule has 0 amide bonds. The summed E-state index contributed by atoms with van der Waals surface area (Å²) in [5.41, 5.74) is 7.70. The minimum absolute atomic E-state index is 0.0761. The van der Waals surface area contributed by atoms with Crippen LogP contribution in [0, 0.1) is 25.7 Å². The molecule has 5 heterocycles. The van der Waals surface area contributed by atoms with Gasteiger partial charge in [-0.05, 0) is 93.5 Å². The number of fused-ring (bicyclic) bond motifs is 1. The molecule has 2 fully saturated rings. The van der Waals surface area contributed by atoms with Gasteiger partial charge in [0.05, 0.1) is 24.4 Å². The maximum absolute atomic E-state index is 12.3. The van der Waals surface area contributed by atoms with Gasteiger partial charge in [-0.15, -0.1) is 0 Å². The molecule has 6 rings (SSSR count). The van der Waals surface area contributed by atoms with Gasteiger partial charge in [-0.25, -0.2) is 4.68 Å². The van der Waals surface area contributed by atoms with Crippen molar-refractivity contribution in [3.63, 3.8) is 0 Å². The van der Waals surface area contributed by atoms with Crippen molar-refractivity contribution in [3.05, 3.63) is 71.2 Å². The molecule has 3 aromatic rings. The van der Waals surface area contributed by atoms with Gasteiger partial charge in [-0.2, -0.15) is 10.1 Å². The van der Waals surface area contributed by atoms with Crippen molar-refractivity contribution < 1.29 is 14.6 Å². The number of aromatic nitrogens is 3. The van der Waals surface area contributed by atoms with E-state index in [2.05, 4.69) is 84.3 Å². The quantitative estimate of drug-likeness (QED) is 0.239. The second-order valence-corrected chi connectivity index (χ2v) is 14.6. The van der Waals surface area contributed by atoms with E-state index in [1.54, 1.807) is 0 Å². The number of allylic oxidation sites excluding steroid dienone is 1. The smallest absolute Gasteiger partial charge is 0.304 e. The Kier molecular flexibility index (Phi) is 10.8. The van der Waals surface area contributed by atoms with Crippen LogP contribution >= 0.6 is 0 Å². The molecule has 0 bridgehead atoms. The van der Waals surface area contributed by atoms with Gasteiger partial charge in [-0.1, -0.05) is 20.4 Å². The summed E-state index contributed by atoms with van der Waals surface area (Å²) >= 11 is 0. The standard InChI is InChI=1S/C39H55N7O3/c1-7-27(2)30(5)44-15-17-45(18-16-44)35-20-33(21-36(23-35)46-29(4)19-28(3)41-46)34(22-38(47)48)25-43-14-12-31(24-43)26-49-37-11-10-32-9-8-13-42(6)39(32)40-37/h10-11,19-21,23,27,31,34H,5,7-9,12-18,22,24-26H2,1-4,6H3,(H,47,48). The van der Waals surface area contributed by atoms with E-state index in [1.165, 1.54) is 11.3 Å². The molecule has 1 N–H and O–H groups in total. The number of ether oxygens (including phenoxy) is 1. The number of anilines is 2. The molecule has 0 radical (unpaired) electrons. The molecule has 3 aliphatic rings. The average molecular weight is 670 g/mol. The molecule has 1 aromatic carbocycles. The Balaban J connectivity index is 1.17. The molecular formula is C39H55N7O3. The van der Waals surface area contributed by atoms with Crippen LogP contribution in [0.2, 0.25) is 0 Å². The Labute approximate surface area is 292 Å². The molecule has 3 unspecified atom stereocenters. The van der Waals surface area contributed by atoms with Crippen LogP contribution in [0.15, 0.2) is 48.7 Å². The van der Waals surface area contributed by atoms with Crippen molar-refractivity contribution in [1.82, 2.24) is 24.6 Å². The normalized spacial score (nSPS) is 19.5. The van der Waals surface area contributed by atoms with E-state index < -0.39 is 5.97 Å². The van der Waals surface area contributed by atoms with Gasteiger partial charge in [-0.3, -0.25) is 4.79 Å². The summed E-state index contributed by atoms with van der Waals surface area (Å²) in [5.74, 6) is 1.64. The van der Waals surface area contributed by atoms with Crippen LogP contribution in [0.3, 0.4) is 0 Å². The van der Waals surface area contributed by atoms with Crippen LogP contribution in [0.1, 0.15) is 68.0 Å². The topological polar surface area (TPSA) is 90.2 Å². The van der Waals surface area contributed by atoms with Crippen LogP contribution < -0.4 is 14.5 Å². The van der Waals surface area contributed by atoms with E-state index in [4.69, 9.17) is 14.8 Å². The summed E-state index contributed by atoms with van der Waals surface area (Å²) in [6.07, 6.45) is 4.41. The molecule has 0 spiro atoms. The van der Waals surface area contributed by atoms with Crippen LogP contribution in [0.4, 0.5) is 11.5 Å². The number of aliphatic carboxylic acids is 1. The molecule has 49 heavy (non-hydrogen) atoms. The lowest BCUT2D eigenvalue weighted by Gasteiger charge is -2.40. The van der Waals surface area contributed by atoms with Crippen molar-refractivity contribution in [2.75, 3.05) is 75.8 Å². The maximum Gasteiger partial charge on any atom is 0.304 e. The van der Waals surface area contributed by atoms with Gasteiger partial charge in [0.25, 0.3) is 0 Å². The van der Waals surface area contributed by atoms with E-state index in [-0.39, 0.29) is 12.3 Å². The number of pyridine rings is 1. The first-order valence-electron chi connectivity index (χ1n) is 18.2. The predicted molar refractivity (Wildman–Crippen MR) is 196 cm³/mol. The highest BCUT2D eigenvalue weighted by Crippen LogP contribution is 2.33. The van der Waals surface area contributed by atoms with Crippen molar-refractivity contribution in [1.29, 1.82) is 0 Å². The lowest BCUT2D eigenvalue weighted by Crippen LogP contribution is -2.46. The van der Waals surface area contributed by atoms with E-state index in [0.29, 0.717) is 30.9 Å². The Bertz CT molecular complexity index is 1630. The maximum atomic E-state index is 12.3. The minimum Gasteiger partial charge on any atom is -0.481 e. The van der Waals surface area contributed by atoms with Gasteiger partial charge < -0.3 is 29.4 Å². The highest BCUT2D eigenvalue weighted by Gasteiger charge is 2.29. The number of aryl methyl sites for hydroxylation is 3. The Morgan fingerprint density at radius 3 is 2.55 bits per heavy atom. The molecule has 10 heteroatoms. The number of benzene rings is 1. The van der Waals surface area contributed by atoms with Crippen LogP contribution in [-0.4, -0.2) is 102 Å². The highest BCUT2D eigenvalue weighted by molar-refractivity contribution is 5.69. The highest BCUT2D eigenvalue weighted by atomic mass is 16.5. The Hall–Kier alpha value is -4.05. The molecule has 2 aromatic heterocycles. The first-order chi connectivity index (χ1) is 23.6. The second kappa shape index (κ2) is 15.2. The van der Waals surface area contributed by atoms with E-state index in [1.807, 2.05) is 17.7 Å². The molecule has 0 aliphatic carbocycles. The van der Waals surface area contributed by atoms with E-state index >= 15 is 0 Å². The van der Waals surface area contributed by atoms with Crippen molar-refractivity contribution in [2.45, 2.75) is 65.7 Å². The monoisotopic (exact) mass is 669 g/mol. The summed E-state index contributed by atoms with van der Waals surface area (Å²) in [4.78, 5) is 26.6. The van der Waals surface area contributed by atoms with Crippen LogP contribution in [-0.2, 0) is 11.2 Å². The third kappa shape index (κ3) is 8.23. The zero-order valence-electron chi connectivity index (χ0n) is 30.2. The summed E-state index contributed by atoms with van der Waals surface area (Å²) < 4.78 is 8.22. The zero-order valence-corrected chi connectivity index (χ0v) is 30.2. The first kappa shape index (κ1) is 34.8. The predicted octanol–water partition coefficient (Wildman–Crippen LogP) is 5.91. The van der Waals surface area contributed by atoms with Gasteiger partial charge in [0.15, 0.2) is 0 Å². The van der Waals surface area contributed by atoms with Gasteiger partial charge in [0, 0.05) is 87.8 Å². The van der Waals surface area contributed by atoms with Gasteiger partial charge in [0.2, 0.25) is 5.88 Å². The fraction of sp³-hybridized carbons (Fsp3) is 0.564. The summed E-state index contributed by atoms with van der Waals surface area (Å²) in [5, 5.41) is 14.9. The lowest BCUT2D eigenvalue weighted by atomic mass is 9.93. The van der Waals surface area contributed by atoms with Crippen molar-refractivity contribution in [3.8, 4) is 11.6 Å². The van der Waals surface area contributed by atoms with Gasteiger partial charge >= 0.3 is 5.97 Å². The number of nitrogens with zero attached hydrogens (tertiary/aromatic N) is 7. The van der Waals surface area contributed by atoms with Crippen molar-refractivity contribution >= 4 is 17.5 Å². The number of hydrogen-bond donors (Lipinski definition) is 1. The van der Waals surface area contributed by atoms with Crippen LogP contribution in [0.5, 0.6) is 5.88 Å². The van der Waals surface area contributed by atoms with Crippen LogP contribution in [0.25, 0.3) is 5.69 Å². The van der Waals surface area contributed by atoms with Gasteiger partial charge in [0.1, 0.15) is 5.82 Å². The fourth-order valence-corrected chi connectivity index (χ4v) is 7.75. The number of carbonyl (C=O) groups is 1. The van der Waals surface area contributed by atoms with Crippen molar-refractivity contribution in [2.24, 2.45) is 11.8 Å². The first-order valence-corrected chi connectivity index (χ1v) is 18.2. The zero-order chi connectivity index (χ0) is 34.7. The lowest BCUT2D eigenvalue weighted by molar-refractivity contribution is -0.137. The third-order valence-corrected chi connectivity index (χ3v) is 10.9. The second-order valence-electron chi connectivity index (χ2n) is 14.6. The molecule has 2 saturated heterocycles. The largest absolute Gasteiger partial charge is 0.481 e.